The maximum Gasteiger partial charge on any atom is 0.335 e. The molecule has 7 nitrogen and oxygen atoms in total. The van der Waals surface area contributed by atoms with Gasteiger partial charge in [0.2, 0.25) is 5.91 Å². The summed E-state index contributed by atoms with van der Waals surface area (Å²) < 4.78 is 5.82. The third kappa shape index (κ3) is 6.48. The zero-order valence-electron chi connectivity index (χ0n) is 19.6. The molecule has 182 valence electrons. The molecule has 7 heteroatoms. The summed E-state index contributed by atoms with van der Waals surface area (Å²) in [6.07, 6.45) is 1.66. The lowest BCUT2D eigenvalue weighted by atomic mass is 10.1. The Morgan fingerprint density at radius 3 is 2.25 bits per heavy atom. The minimum atomic E-state index is -1.04. The molecule has 36 heavy (non-hydrogen) atoms. The predicted octanol–water partition coefficient (Wildman–Crippen LogP) is 5.98. The van der Waals surface area contributed by atoms with Crippen LogP contribution in [0, 0.1) is 0 Å². The van der Waals surface area contributed by atoms with Crippen molar-refractivity contribution in [3.05, 3.63) is 102 Å². The van der Waals surface area contributed by atoms with Crippen molar-refractivity contribution in [3.63, 3.8) is 0 Å². The zero-order valence-corrected chi connectivity index (χ0v) is 19.6. The average molecular weight is 483 g/mol. The Morgan fingerprint density at radius 1 is 0.750 bits per heavy atom. The zero-order chi connectivity index (χ0) is 25.3. The highest BCUT2D eigenvalue weighted by atomic mass is 16.5. The van der Waals surface area contributed by atoms with Crippen LogP contribution in [0.4, 0.5) is 11.4 Å². The largest absolute Gasteiger partial charge is 0.494 e. The van der Waals surface area contributed by atoms with E-state index >= 15 is 0 Å². The van der Waals surface area contributed by atoms with Crippen molar-refractivity contribution >= 4 is 39.9 Å². The number of carboxylic acid groups (broad SMARTS) is 1. The molecule has 0 spiro atoms. The van der Waals surface area contributed by atoms with E-state index in [1.165, 1.54) is 24.3 Å². The predicted molar refractivity (Wildman–Crippen MR) is 140 cm³/mol. The van der Waals surface area contributed by atoms with Gasteiger partial charge in [-0.3, -0.25) is 9.59 Å². The normalized spacial score (nSPS) is 10.6. The molecule has 0 aromatic heterocycles. The average Bonchev–Trinajstić information content (AvgIpc) is 2.89. The first kappa shape index (κ1) is 24.5. The fraction of sp³-hybridized carbons (Fsp3) is 0.138. The number of para-hydroxylation sites is 1. The van der Waals surface area contributed by atoms with Crippen molar-refractivity contribution in [1.29, 1.82) is 0 Å². The molecule has 0 atom stereocenters. The molecule has 4 aromatic carbocycles. The van der Waals surface area contributed by atoms with E-state index < -0.39 is 11.9 Å². The number of unbranched alkanes of at least 4 members (excludes halogenated alkanes) is 1. The van der Waals surface area contributed by atoms with E-state index in [1.807, 2.05) is 36.4 Å². The first-order valence-electron chi connectivity index (χ1n) is 11.6. The van der Waals surface area contributed by atoms with Crippen LogP contribution in [0.3, 0.4) is 0 Å². The molecule has 0 saturated heterocycles. The number of carbonyl (C=O) groups is 3. The molecule has 0 aliphatic heterocycles. The van der Waals surface area contributed by atoms with E-state index in [0.717, 1.165) is 16.5 Å². The van der Waals surface area contributed by atoms with Crippen molar-refractivity contribution in [3.8, 4) is 5.75 Å². The molecule has 2 amide bonds. The Kier molecular flexibility index (Phi) is 7.93. The molecule has 0 aliphatic rings. The Hall–Kier alpha value is -4.65. The van der Waals surface area contributed by atoms with Gasteiger partial charge in [-0.15, -0.1) is 0 Å². The van der Waals surface area contributed by atoms with Crippen LogP contribution < -0.4 is 15.4 Å². The van der Waals surface area contributed by atoms with Gasteiger partial charge in [-0.05, 0) is 72.1 Å². The molecule has 0 heterocycles. The lowest BCUT2D eigenvalue weighted by Gasteiger charge is -2.12. The summed E-state index contributed by atoms with van der Waals surface area (Å²) in [7, 11) is 0. The summed E-state index contributed by atoms with van der Waals surface area (Å²) >= 11 is 0. The molecule has 0 fully saturated rings. The van der Waals surface area contributed by atoms with Crippen LogP contribution >= 0.6 is 0 Å². The molecule has 3 N–H and O–H groups in total. The second kappa shape index (κ2) is 11.7. The summed E-state index contributed by atoms with van der Waals surface area (Å²) in [6, 6.07) is 26.7. The molecule has 4 aromatic rings. The van der Waals surface area contributed by atoms with Gasteiger partial charge in [0.05, 0.1) is 23.4 Å². The molecule has 0 unspecified atom stereocenters. The number of nitrogens with one attached hydrogen (secondary N) is 2. The SMILES string of the molecule is O=C(CCCCOc1ccc2ccccc2c1)Nc1ccccc1C(=O)Nc1ccc(C(=O)O)cc1. The van der Waals surface area contributed by atoms with Crippen LogP contribution in [0.2, 0.25) is 0 Å². The third-order valence-corrected chi connectivity index (χ3v) is 5.62. The molecular weight excluding hydrogens is 456 g/mol. The fourth-order valence-corrected chi connectivity index (χ4v) is 3.73. The summed E-state index contributed by atoms with van der Waals surface area (Å²) in [6.45, 7) is 0.505. The number of benzene rings is 4. The van der Waals surface area contributed by atoms with Gasteiger partial charge in [0, 0.05) is 12.1 Å². The van der Waals surface area contributed by atoms with Gasteiger partial charge < -0.3 is 20.5 Å². The summed E-state index contributed by atoms with van der Waals surface area (Å²) in [5, 5.41) is 16.8. The maximum absolute atomic E-state index is 12.8. The first-order valence-corrected chi connectivity index (χ1v) is 11.6. The fourth-order valence-electron chi connectivity index (χ4n) is 3.73. The summed E-state index contributed by atoms with van der Waals surface area (Å²) in [5.41, 5.74) is 1.31. The van der Waals surface area contributed by atoms with Crippen molar-refractivity contribution < 1.29 is 24.2 Å². The number of rotatable bonds is 10. The third-order valence-electron chi connectivity index (χ3n) is 5.62. The van der Waals surface area contributed by atoms with Crippen LogP contribution in [-0.4, -0.2) is 29.5 Å². The van der Waals surface area contributed by atoms with Crippen molar-refractivity contribution in [2.45, 2.75) is 19.3 Å². The monoisotopic (exact) mass is 482 g/mol. The Bertz CT molecular complexity index is 1380. The number of amides is 2. The lowest BCUT2D eigenvalue weighted by molar-refractivity contribution is -0.116. The van der Waals surface area contributed by atoms with Gasteiger partial charge in [-0.1, -0.05) is 42.5 Å². The molecule has 0 saturated carbocycles. The van der Waals surface area contributed by atoms with Crippen LogP contribution in [0.1, 0.15) is 40.0 Å². The van der Waals surface area contributed by atoms with Crippen LogP contribution in [0.25, 0.3) is 10.8 Å². The minimum Gasteiger partial charge on any atom is -0.494 e. The van der Waals surface area contributed by atoms with E-state index in [0.29, 0.717) is 42.8 Å². The van der Waals surface area contributed by atoms with Crippen LogP contribution in [0.15, 0.2) is 91.0 Å². The minimum absolute atomic E-state index is 0.128. The summed E-state index contributed by atoms with van der Waals surface area (Å²) in [5.74, 6) is -0.832. The van der Waals surface area contributed by atoms with Crippen LogP contribution in [0.5, 0.6) is 5.75 Å². The Morgan fingerprint density at radius 2 is 1.47 bits per heavy atom. The van der Waals surface area contributed by atoms with Gasteiger partial charge >= 0.3 is 5.97 Å². The lowest BCUT2D eigenvalue weighted by Crippen LogP contribution is -2.18. The van der Waals surface area contributed by atoms with E-state index in [9.17, 15) is 14.4 Å². The van der Waals surface area contributed by atoms with Gasteiger partial charge in [0.15, 0.2) is 0 Å². The topological polar surface area (TPSA) is 105 Å². The van der Waals surface area contributed by atoms with E-state index in [4.69, 9.17) is 9.84 Å². The molecule has 4 rings (SSSR count). The number of anilines is 2. The van der Waals surface area contributed by atoms with Gasteiger partial charge in [0.1, 0.15) is 5.75 Å². The van der Waals surface area contributed by atoms with Gasteiger partial charge in [0.25, 0.3) is 5.91 Å². The number of carbonyl (C=O) groups excluding carboxylic acids is 2. The highest BCUT2D eigenvalue weighted by molar-refractivity contribution is 6.10. The van der Waals surface area contributed by atoms with Crippen LogP contribution in [-0.2, 0) is 4.79 Å². The highest BCUT2D eigenvalue weighted by Gasteiger charge is 2.14. The first-order chi connectivity index (χ1) is 17.5. The smallest absolute Gasteiger partial charge is 0.335 e. The van der Waals surface area contributed by atoms with Crippen molar-refractivity contribution in [2.75, 3.05) is 17.2 Å². The second-order valence-corrected chi connectivity index (χ2v) is 8.24. The number of aromatic carboxylic acids is 1. The molecular formula is C29H26N2O5. The standard InChI is InChI=1S/C29H26N2O5/c32-27(11-5-6-18-36-24-17-14-20-7-1-2-8-22(20)19-24)31-26-10-4-3-9-25(26)28(33)30-23-15-12-21(13-16-23)29(34)35/h1-4,7-10,12-17,19H,5-6,11,18H2,(H,30,33)(H,31,32)(H,34,35). The molecule has 0 radical (unpaired) electrons. The molecule has 0 bridgehead atoms. The van der Waals surface area contributed by atoms with Gasteiger partial charge in [-0.25, -0.2) is 4.79 Å². The Labute approximate surface area is 208 Å². The molecule has 0 aliphatic carbocycles. The van der Waals surface area contributed by atoms with E-state index in [-0.39, 0.29) is 11.5 Å². The number of hydrogen-bond acceptors (Lipinski definition) is 4. The van der Waals surface area contributed by atoms with Crippen molar-refractivity contribution in [2.24, 2.45) is 0 Å². The number of carboxylic acids is 1. The highest BCUT2D eigenvalue weighted by Crippen LogP contribution is 2.21. The number of fused-ring (bicyclic) bond motifs is 1. The number of hydrogen-bond donors (Lipinski definition) is 3. The number of ether oxygens (including phenoxy) is 1. The van der Waals surface area contributed by atoms with E-state index in [1.54, 1.807) is 24.3 Å². The Balaban J connectivity index is 1.25. The van der Waals surface area contributed by atoms with E-state index in [2.05, 4.69) is 16.7 Å². The van der Waals surface area contributed by atoms with Crippen molar-refractivity contribution in [1.82, 2.24) is 0 Å². The summed E-state index contributed by atoms with van der Waals surface area (Å²) in [4.78, 5) is 36.2. The second-order valence-electron chi connectivity index (χ2n) is 8.24. The van der Waals surface area contributed by atoms with Gasteiger partial charge in [-0.2, -0.15) is 0 Å². The maximum atomic E-state index is 12.8. The quantitative estimate of drug-likeness (QED) is 0.241.